The van der Waals surface area contributed by atoms with Crippen molar-refractivity contribution >= 4 is 23.6 Å². The average Bonchev–Trinajstić information content (AvgIpc) is 3.42. The van der Waals surface area contributed by atoms with Gasteiger partial charge >= 0.3 is 6.09 Å². The molecule has 10 nitrogen and oxygen atoms in total. The fraction of sp³-hybridized carbons (Fsp3) is 0.143. The number of aromatic nitrogens is 2. The van der Waals surface area contributed by atoms with Gasteiger partial charge in [-0.3, -0.25) is 14.6 Å². The Hall–Kier alpha value is -5.26. The minimum Gasteiger partial charge on any atom is -0.465 e. The fourth-order valence-corrected chi connectivity index (χ4v) is 3.66. The van der Waals surface area contributed by atoms with E-state index in [0.29, 0.717) is 23.4 Å². The molecule has 0 saturated carbocycles. The Morgan fingerprint density at radius 2 is 1.70 bits per heavy atom. The molecule has 2 aromatic carbocycles. The first-order valence-corrected chi connectivity index (χ1v) is 12.1. The standard InChI is InChI=1S/C28H25F2N5O5/c1-16-3-5-20(29)22(11-16)35-27(37)17-4-6-21(30)25(13-17)40-19-7-10-31-24(14-19)23-12-18(15-34-23)26(36)32-8-2-9-33-28(38)39/h3-7,10-15,33-34H,2,8-9H2,1H3,(H,32,36)(H,35,37)(H,38,39). The van der Waals surface area contributed by atoms with Gasteiger partial charge in [-0.25, -0.2) is 13.6 Å². The van der Waals surface area contributed by atoms with Crippen LogP contribution in [-0.4, -0.2) is 46.1 Å². The summed E-state index contributed by atoms with van der Waals surface area (Å²) in [6.07, 6.45) is 2.23. The Bertz CT molecular complexity index is 1560. The van der Waals surface area contributed by atoms with Gasteiger partial charge in [0, 0.05) is 37.1 Å². The van der Waals surface area contributed by atoms with Crippen LogP contribution in [0.15, 0.2) is 67.0 Å². The quantitative estimate of drug-likeness (QED) is 0.174. The molecule has 5 N–H and O–H groups in total. The third-order valence-electron chi connectivity index (χ3n) is 5.66. The summed E-state index contributed by atoms with van der Waals surface area (Å²) in [5.41, 5.74) is 2.07. The highest BCUT2D eigenvalue weighted by Crippen LogP contribution is 2.29. The van der Waals surface area contributed by atoms with Gasteiger partial charge in [-0.1, -0.05) is 6.07 Å². The summed E-state index contributed by atoms with van der Waals surface area (Å²) in [4.78, 5) is 42.7. The minimum absolute atomic E-state index is 0.00441. The van der Waals surface area contributed by atoms with Crippen LogP contribution in [0.25, 0.3) is 11.4 Å². The van der Waals surface area contributed by atoms with Crippen molar-refractivity contribution in [1.29, 1.82) is 0 Å². The zero-order chi connectivity index (χ0) is 28.6. The third kappa shape index (κ3) is 7.19. The number of carboxylic acid groups (broad SMARTS) is 1. The Kier molecular flexibility index (Phi) is 8.69. The predicted octanol–water partition coefficient (Wildman–Crippen LogP) is 5.10. The molecule has 2 aromatic heterocycles. The number of carbonyl (C=O) groups is 3. The lowest BCUT2D eigenvalue weighted by Crippen LogP contribution is -2.28. The molecule has 0 atom stereocenters. The van der Waals surface area contributed by atoms with Crippen molar-refractivity contribution in [2.75, 3.05) is 18.4 Å². The molecule has 0 aliphatic heterocycles. The lowest BCUT2D eigenvalue weighted by Gasteiger charge is -2.11. The highest BCUT2D eigenvalue weighted by Gasteiger charge is 2.15. The molecule has 0 fully saturated rings. The first-order chi connectivity index (χ1) is 19.2. The maximum Gasteiger partial charge on any atom is 0.404 e. The normalized spacial score (nSPS) is 10.6. The van der Waals surface area contributed by atoms with Crippen molar-refractivity contribution in [3.8, 4) is 22.9 Å². The number of H-pyrrole nitrogens is 1. The SMILES string of the molecule is Cc1ccc(F)c(NC(=O)c2ccc(F)c(Oc3ccnc(-c4cc(C(=O)NCCCNC(=O)O)c[nH]4)c3)c2)c1. The first kappa shape index (κ1) is 27.8. The molecule has 12 heteroatoms. The number of rotatable bonds is 10. The van der Waals surface area contributed by atoms with E-state index in [-0.39, 0.29) is 41.7 Å². The molecule has 4 aromatic rings. The van der Waals surface area contributed by atoms with Crippen molar-refractivity contribution in [1.82, 2.24) is 20.6 Å². The van der Waals surface area contributed by atoms with Crippen LogP contribution < -0.4 is 20.7 Å². The van der Waals surface area contributed by atoms with Crippen molar-refractivity contribution < 1.29 is 33.0 Å². The molecule has 0 bridgehead atoms. The van der Waals surface area contributed by atoms with Gasteiger partial charge in [0.05, 0.1) is 22.6 Å². The van der Waals surface area contributed by atoms with E-state index in [2.05, 4.69) is 25.9 Å². The van der Waals surface area contributed by atoms with Crippen LogP contribution in [0.2, 0.25) is 0 Å². The number of hydrogen-bond acceptors (Lipinski definition) is 5. The number of halogens is 2. The zero-order valence-electron chi connectivity index (χ0n) is 21.3. The van der Waals surface area contributed by atoms with E-state index in [4.69, 9.17) is 9.84 Å². The summed E-state index contributed by atoms with van der Waals surface area (Å²) in [5.74, 6) is -2.31. The van der Waals surface area contributed by atoms with Gasteiger partial charge < -0.3 is 30.8 Å². The Balaban J connectivity index is 1.43. The van der Waals surface area contributed by atoms with Crippen molar-refractivity contribution in [2.24, 2.45) is 0 Å². The molecule has 206 valence electrons. The van der Waals surface area contributed by atoms with E-state index < -0.39 is 23.6 Å². The highest BCUT2D eigenvalue weighted by molar-refractivity contribution is 6.04. The lowest BCUT2D eigenvalue weighted by atomic mass is 10.1. The molecular weight excluding hydrogens is 524 g/mol. The number of nitrogens with zero attached hydrogens (tertiary/aromatic N) is 1. The van der Waals surface area contributed by atoms with E-state index in [1.165, 1.54) is 48.8 Å². The van der Waals surface area contributed by atoms with E-state index in [0.717, 1.165) is 11.6 Å². The summed E-state index contributed by atoms with van der Waals surface area (Å²) < 4.78 is 34.3. The van der Waals surface area contributed by atoms with Gasteiger partial charge in [0.1, 0.15) is 11.6 Å². The van der Waals surface area contributed by atoms with Gasteiger partial charge in [0.15, 0.2) is 11.6 Å². The smallest absolute Gasteiger partial charge is 0.404 e. The fourth-order valence-electron chi connectivity index (χ4n) is 3.66. The number of aromatic amines is 1. The number of aryl methyl sites for hydroxylation is 1. The Labute approximate surface area is 227 Å². The number of hydrogen-bond donors (Lipinski definition) is 5. The van der Waals surface area contributed by atoms with Gasteiger partial charge in [-0.2, -0.15) is 0 Å². The molecule has 0 saturated heterocycles. The number of ether oxygens (including phenoxy) is 1. The van der Waals surface area contributed by atoms with Gasteiger partial charge in [0.2, 0.25) is 0 Å². The molecular formula is C28H25F2N5O5. The number of carbonyl (C=O) groups excluding carboxylic acids is 2. The first-order valence-electron chi connectivity index (χ1n) is 12.1. The summed E-state index contributed by atoms with van der Waals surface area (Å²) in [6.45, 7) is 2.25. The topological polar surface area (TPSA) is 145 Å². The molecule has 2 heterocycles. The maximum atomic E-state index is 14.6. The summed E-state index contributed by atoms with van der Waals surface area (Å²) in [5, 5.41) is 15.9. The van der Waals surface area contributed by atoms with Crippen LogP contribution >= 0.6 is 0 Å². The number of benzene rings is 2. The molecule has 0 aliphatic carbocycles. The highest BCUT2D eigenvalue weighted by atomic mass is 19.1. The van der Waals surface area contributed by atoms with Crippen molar-refractivity contribution in [2.45, 2.75) is 13.3 Å². The maximum absolute atomic E-state index is 14.6. The van der Waals surface area contributed by atoms with Crippen molar-refractivity contribution in [3.05, 3.63) is 95.3 Å². The second kappa shape index (κ2) is 12.5. The number of nitrogens with one attached hydrogen (secondary N) is 4. The molecule has 0 unspecified atom stereocenters. The second-order valence-electron chi connectivity index (χ2n) is 8.70. The molecule has 0 radical (unpaired) electrons. The molecule has 0 aliphatic rings. The van der Waals surface area contributed by atoms with Crippen LogP contribution in [0, 0.1) is 18.6 Å². The average molecular weight is 550 g/mol. The largest absolute Gasteiger partial charge is 0.465 e. The molecule has 40 heavy (non-hydrogen) atoms. The Morgan fingerprint density at radius 1 is 0.925 bits per heavy atom. The van der Waals surface area contributed by atoms with Crippen molar-refractivity contribution in [3.63, 3.8) is 0 Å². The van der Waals surface area contributed by atoms with Gasteiger partial charge in [-0.15, -0.1) is 0 Å². The number of anilines is 1. The van der Waals surface area contributed by atoms with Crippen LogP contribution in [0.3, 0.4) is 0 Å². The van der Waals surface area contributed by atoms with Gasteiger partial charge in [0.25, 0.3) is 11.8 Å². The molecule has 0 spiro atoms. The minimum atomic E-state index is -1.13. The van der Waals surface area contributed by atoms with E-state index in [9.17, 15) is 23.2 Å². The van der Waals surface area contributed by atoms with Crippen LogP contribution in [0.4, 0.5) is 19.3 Å². The predicted molar refractivity (Wildman–Crippen MR) is 143 cm³/mol. The van der Waals surface area contributed by atoms with Crippen LogP contribution in [0.1, 0.15) is 32.7 Å². The second-order valence-corrected chi connectivity index (χ2v) is 8.70. The third-order valence-corrected chi connectivity index (χ3v) is 5.66. The lowest BCUT2D eigenvalue weighted by molar-refractivity contribution is 0.0952. The summed E-state index contributed by atoms with van der Waals surface area (Å²) >= 11 is 0. The van der Waals surface area contributed by atoms with Crippen LogP contribution in [-0.2, 0) is 0 Å². The van der Waals surface area contributed by atoms with Gasteiger partial charge in [-0.05, 0) is 61.4 Å². The monoisotopic (exact) mass is 549 g/mol. The summed E-state index contributed by atoms with van der Waals surface area (Å²) in [6, 6.07) is 12.5. The zero-order valence-corrected chi connectivity index (χ0v) is 21.3. The van der Waals surface area contributed by atoms with E-state index >= 15 is 0 Å². The molecule has 4 rings (SSSR count). The van der Waals surface area contributed by atoms with E-state index in [1.54, 1.807) is 19.1 Å². The van der Waals surface area contributed by atoms with E-state index in [1.807, 2.05) is 0 Å². The number of amides is 3. The Morgan fingerprint density at radius 3 is 2.50 bits per heavy atom. The number of pyridine rings is 1. The van der Waals surface area contributed by atoms with Crippen LogP contribution in [0.5, 0.6) is 11.5 Å². The summed E-state index contributed by atoms with van der Waals surface area (Å²) in [7, 11) is 0. The molecule has 3 amide bonds.